The number of hydrogen-bond donors (Lipinski definition) is 1. The Morgan fingerprint density at radius 2 is 1.91 bits per heavy atom. The van der Waals surface area contributed by atoms with Crippen LogP contribution in [0.3, 0.4) is 0 Å². The Morgan fingerprint density at radius 3 is 2.68 bits per heavy atom. The van der Waals surface area contributed by atoms with E-state index in [2.05, 4.69) is 5.32 Å². The summed E-state index contributed by atoms with van der Waals surface area (Å²) in [4.78, 5) is 26.4. The van der Waals surface area contributed by atoms with Gasteiger partial charge in [0.25, 0.3) is 0 Å². The van der Waals surface area contributed by atoms with Crippen molar-refractivity contribution in [2.75, 3.05) is 17.3 Å². The molecule has 0 aromatic heterocycles. The van der Waals surface area contributed by atoms with E-state index in [1.807, 2.05) is 12.1 Å². The maximum absolute atomic E-state index is 12.5. The van der Waals surface area contributed by atoms with Crippen LogP contribution in [0.4, 0.5) is 11.4 Å². The molecule has 2 aromatic carbocycles. The standard InChI is InChI=1S/C16H12Cl2N2O2/c1-20-13-5-3-2-4-10(13)14(16(20)22)15(21)19-12-8-9(17)6-7-11(12)18/h2-8,14H,1H3,(H,19,21)/t14-/m1/s1. The zero-order valence-electron chi connectivity index (χ0n) is 11.6. The van der Waals surface area contributed by atoms with Crippen molar-refractivity contribution in [2.45, 2.75) is 5.92 Å². The van der Waals surface area contributed by atoms with Crippen LogP contribution in [0.2, 0.25) is 10.0 Å². The first-order valence-corrected chi connectivity index (χ1v) is 7.37. The second-order valence-electron chi connectivity index (χ2n) is 5.00. The summed E-state index contributed by atoms with van der Waals surface area (Å²) in [7, 11) is 1.65. The number of rotatable bonds is 2. The van der Waals surface area contributed by atoms with Gasteiger partial charge in [0.2, 0.25) is 11.8 Å². The van der Waals surface area contributed by atoms with Gasteiger partial charge in [-0.15, -0.1) is 0 Å². The summed E-state index contributed by atoms with van der Waals surface area (Å²) in [5.74, 6) is -1.57. The summed E-state index contributed by atoms with van der Waals surface area (Å²) in [6.45, 7) is 0. The Morgan fingerprint density at radius 1 is 1.18 bits per heavy atom. The fourth-order valence-electron chi connectivity index (χ4n) is 2.53. The highest BCUT2D eigenvalue weighted by molar-refractivity contribution is 6.36. The van der Waals surface area contributed by atoms with E-state index in [0.717, 1.165) is 5.69 Å². The average molecular weight is 335 g/mol. The summed E-state index contributed by atoms with van der Waals surface area (Å²) in [5.41, 5.74) is 1.81. The van der Waals surface area contributed by atoms with Crippen molar-refractivity contribution in [3.63, 3.8) is 0 Å². The number of benzene rings is 2. The van der Waals surface area contributed by atoms with Crippen LogP contribution < -0.4 is 10.2 Å². The van der Waals surface area contributed by atoms with Gasteiger partial charge < -0.3 is 10.2 Å². The molecule has 112 valence electrons. The highest BCUT2D eigenvalue weighted by Crippen LogP contribution is 2.37. The minimum absolute atomic E-state index is 0.267. The Bertz CT molecular complexity index is 776. The summed E-state index contributed by atoms with van der Waals surface area (Å²) in [6, 6.07) is 12.0. The van der Waals surface area contributed by atoms with E-state index in [-0.39, 0.29) is 5.91 Å². The molecule has 2 aromatic rings. The van der Waals surface area contributed by atoms with Crippen molar-refractivity contribution in [1.29, 1.82) is 0 Å². The Kier molecular flexibility index (Phi) is 3.81. The summed E-state index contributed by atoms with van der Waals surface area (Å²) < 4.78 is 0. The van der Waals surface area contributed by atoms with E-state index in [1.54, 1.807) is 37.4 Å². The molecule has 1 heterocycles. The molecule has 1 N–H and O–H groups in total. The SMILES string of the molecule is CN1C(=O)[C@@H](C(=O)Nc2cc(Cl)ccc2Cl)c2ccccc21. The highest BCUT2D eigenvalue weighted by Gasteiger charge is 2.40. The zero-order chi connectivity index (χ0) is 15.9. The number of carbonyl (C=O) groups is 2. The van der Waals surface area contributed by atoms with Crippen LogP contribution in [0.15, 0.2) is 42.5 Å². The predicted molar refractivity (Wildman–Crippen MR) is 87.7 cm³/mol. The van der Waals surface area contributed by atoms with Crippen LogP contribution in [-0.2, 0) is 9.59 Å². The molecule has 2 amide bonds. The Balaban J connectivity index is 1.93. The molecule has 0 spiro atoms. The molecule has 1 aliphatic heterocycles. The number of halogens is 2. The van der Waals surface area contributed by atoms with Crippen LogP contribution in [0.5, 0.6) is 0 Å². The van der Waals surface area contributed by atoms with Gasteiger partial charge in [0, 0.05) is 17.8 Å². The third kappa shape index (κ3) is 2.45. The number of likely N-dealkylation sites (N-methyl/N-ethyl adjacent to an activating group) is 1. The molecule has 0 aliphatic carbocycles. The van der Waals surface area contributed by atoms with Crippen LogP contribution in [0, 0.1) is 0 Å². The predicted octanol–water partition coefficient (Wildman–Crippen LogP) is 3.69. The molecule has 1 aliphatic rings. The van der Waals surface area contributed by atoms with Crippen LogP contribution in [0.1, 0.15) is 11.5 Å². The number of hydrogen-bond acceptors (Lipinski definition) is 2. The number of para-hydroxylation sites is 1. The quantitative estimate of drug-likeness (QED) is 0.851. The number of anilines is 2. The smallest absolute Gasteiger partial charge is 0.243 e. The zero-order valence-corrected chi connectivity index (χ0v) is 13.2. The molecule has 6 heteroatoms. The van der Waals surface area contributed by atoms with E-state index in [9.17, 15) is 9.59 Å². The van der Waals surface area contributed by atoms with E-state index in [0.29, 0.717) is 21.3 Å². The molecule has 0 radical (unpaired) electrons. The maximum Gasteiger partial charge on any atom is 0.243 e. The number of amides is 2. The fourth-order valence-corrected chi connectivity index (χ4v) is 2.87. The summed E-state index contributed by atoms with van der Waals surface area (Å²) >= 11 is 12.0. The molecule has 0 saturated heterocycles. The third-order valence-corrected chi connectivity index (χ3v) is 4.20. The Labute approximate surface area is 137 Å². The van der Waals surface area contributed by atoms with Gasteiger partial charge in [0.1, 0.15) is 5.92 Å². The third-order valence-electron chi connectivity index (χ3n) is 3.64. The molecule has 1 atom stereocenters. The lowest BCUT2D eigenvalue weighted by molar-refractivity contribution is -0.126. The number of carbonyl (C=O) groups excluding carboxylic acids is 2. The lowest BCUT2D eigenvalue weighted by Crippen LogP contribution is -2.31. The van der Waals surface area contributed by atoms with Crippen LogP contribution in [0.25, 0.3) is 0 Å². The van der Waals surface area contributed by atoms with Gasteiger partial charge in [-0.25, -0.2) is 0 Å². The van der Waals surface area contributed by atoms with Gasteiger partial charge in [-0.3, -0.25) is 9.59 Å². The fraction of sp³-hybridized carbons (Fsp3) is 0.125. The number of nitrogens with zero attached hydrogens (tertiary/aromatic N) is 1. The minimum Gasteiger partial charge on any atom is -0.324 e. The van der Waals surface area contributed by atoms with Crippen molar-refractivity contribution in [3.8, 4) is 0 Å². The van der Waals surface area contributed by atoms with E-state index >= 15 is 0 Å². The molecule has 0 unspecified atom stereocenters. The van der Waals surface area contributed by atoms with Gasteiger partial charge in [0.15, 0.2) is 0 Å². The largest absolute Gasteiger partial charge is 0.324 e. The topological polar surface area (TPSA) is 49.4 Å². The lowest BCUT2D eigenvalue weighted by atomic mass is 10.00. The van der Waals surface area contributed by atoms with Gasteiger partial charge in [-0.1, -0.05) is 41.4 Å². The van der Waals surface area contributed by atoms with Crippen molar-refractivity contribution in [1.82, 2.24) is 0 Å². The molecular weight excluding hydrogens is 323 g/mol. The van der Waals surface area contributed by atoms with Crippen LogP contribution >= 0.6 is 23.2 Å². The van der Waals surface area contributed by atoms with E-state index < -0.39 is 11.8 Å². The second kappa shape index (κ2) is 5.63. The van der Waals surface area contributed by atoms with Crippen molar-refractivity contribution >= 4 is 46.4 Å². The van der Waals surface area contributed by atoms with E-state index in [1.165, 1.54) is 4.90 Å². The average Bonchev–Trinajstić information content (AvgIpc) is 2.75. The van der Waals surface area contributed by atoms with Crippen LogP contribution in [-0.4, -0.2) is 18.9 Å². The molecule has 22 heavy (non-hydrogen) atoms. The molecule has 0 bridgehead atoms. The minimum atomic E-state index is -0.878. The molecule has 0 saturated carbocycles. The second-order valence-corrected chi connectivity index (χ2v) is 5.85. The molecule has 4 nitrogen and oxygen atoms in total. The van der Waals surface area contributed by atoms with Gasteiger partial charge in [0.05, 0.1) is 10.7 Å². The number of fused-ring (bicyclic) bond motifs is 1. The van der Waals surface area contributed by atoms with Gasteiger partial charge >= 0.3 is 0 Å². The van der Waals surface area contributed by atoms with Gasteiger partial charge in [-0.05, 0) is 29.8 Å². The normalized spacial score (nSPS) is 16.6. The van der Waals surface area contributed by atoms with E-state index in [4.69, 9.17) is 23.2 Å². The monoisotopic (exact) mass is 334 g/mol. The first-order chi connectivity index (χ1) is 10.5. The highest BCUT2D eigenvalue weighted by atomic mass is 35.5. The molecule has 3 rings (SSSR count). The van der Waals surface area contributed by atoms with Crippen molar-refractivity contribution in [3.05, 3.63) is 58.1 Å². The summed E-state index contributed by atoms with van der Waals surface area (Å²) in [5, 5.41) is 3.50. The first-order valence-electron chi connectivity index (χ1n) is 6.61. The van der Waals surface area contributed by atoms with Crippen molar-refractivity contribution < 1.29 is 9.59 Å². The summed E-state index contributed by atoms with van der Waals surface area (Å²) in [6.07, 6.45) is 0. The molecule has 0 fully saturated rings. The number of nitrogens with one attached hydrogen (secondary N) is 1. The molecular formula is C16H12Cl2N2O2. The first kappa shape index (κ1) is 14.9. The Hall–Kier alpha value is -2.04. The van der Waals surface area contributed by atoms with Crippen molar-refractivity contribution in [2.24, 2.45) is 0 Å². The van der Waals surface area contributed by atoms with Gasteiger partial charge in [-0.2, -0.15) is 0 Å². The maximum atomic E-state index is 12.5. The lowest BCUT2D eigenvalue weighted by Gasteiger charge is -2.13.